The van der Waals surface area contributed by atoms with Crippen molar-refractivity contribution in [1.82, 2.24) is 15.0 Å². The van der Waals surface area contributed by atoms with E-state index in [1.807, 2.05) is 18.3 Å². The van der Waals surface area contributed by atoms with Gasteiger partial charge in [-0.25, -0.2) is 4.68 Å². The number of rotatable bonds is 4. The topological polar surface area (TPSA) is 56.7 Å². The first-order chi connectivity index (χ1) is 7.79. The number of nitrogens with two attached hydrogens (primary N) is 1. The van der Waals surface area contributed by atoms with E-state index in [4.69, 9.17) is 5.73 Å². The second-order valence-electron chi connectivity index (χ2n) is 3.89. The van der Waals surface area contributed by atoms with Crippen LogP contribution in [0.25, 0.3) is 5.69 Å². The van der Waals surface area contributed by atoms with Crippen LogP contribution in [-0.4, -0.2) is 21.0 Å². The van der Waals surface area contributed by atoms with Crippen LogP contribution in [0.2, 0.25) is 0 Å². The zero-order valence-electron chi connectivity index (χ0n) is 9.37. The third kappa shape index (κ3) is 2.46. The molecule has 2 aromatic rings. The van der Waals surface area contributed by atoms with Crippen molar-refractivity contribution in [2.24, 2.45) is 5.73 Å². The van der Waals surface area contributed by atoms with Crippen molar-refractivity contribution in [3.8, 4) is 5.69 Å². The number of nitrogens with zero attached hydrogens (tertiary/aromatic N) is 3. The van der Waals surface area contributed by atoms with E-state index in [1.165, 1.54) is 5.56 Å². The highest BCUT2D eigenvalue weighted by Crippen LogP contribution is 2.10. The standard InChI is InChI=1S/C12H16N4/c1-2-11(13)9-10-3-5-12(6-4-10)16-8-7-14-15-16/h3-8,11H,2,9,13H2,1H3. The Hall–Kier alpha value is -1.68. The predicted octanol–water partition coefficient (Wildman–Crippen LogP) is 1.55. The van der Waals surface area contributed by atoms with Crippen molar-refractivity contribution in [1.29, 1.82) is 0 Å². The van der Waals surface area contributed by atoms with Crippen molar-refractivity contribution >= 4 is 0 Å². The van der Waals surface area contributed by atoms with Gasteiger partial charge in [-0.2, -0.15) is 0 Å². The summed E-state index contributed by atoms with van der Waals surface area (Å²) < 4.78 is 1.74. The maximum Gasteiger partial charge on any atom is 0.0697 e. The molecular formula is C12H16N4. The second-order valence-corrected chi connectivity index (χ2v) is 3.89. The number of aromatic nitrogens is 3. The molecule has 1 aromatic carbocycles. The molecule has 0 amide bonds. The summed E-state index contributed by atoms with van der Waals surface area (Å²) in [5, 5.41) is 7.71. The van der Waals surface area contributed by atoms with Gasteiger partial charge in [0, 0.05) is 6.04 Å². The number of benzene rings is 1. The van der Waals surface area contributed by atoms with Gasteiger partial charge >= 0.3 is 0 Å². The zero-order valence-corrected chi connectivity index (χ0v) is 9.37. The molecule has 4 heteroatoms. The first-order valence-electron chi connectivity index (χ1n) is 5.51. The first-order valence-corrected chi connectivity index (χ1v) is 5.51. The molecule has 0 fully saturated rings. The average molecular weight is 216 g/mol. The summed E-state index contributed by atoms with van der Waals surface area (Å²) in [6.45, 7) is 2.11. The lowest BCUT2D eigenvalue weighted by atomic mass is 10.0. The normalized spacial score (nSPS) is 12.6. The van der Waals surface area contributed by atoms with Gasteiger partial charge in [-0.3, -0.25) is 0 Å². The molecule has 0 bridgehead atoms. The van der Waals surface area contributed by atoms with Crippen LogP contribution in [0.5, 0.6) is 0 Å². The Morgan fingerprint density at radius 2 is 2.06 bits per heavy atom. The van der Waals surface area contributed by atoms with Crippen molar-refractivity contribution < 1.29 is 0 Å². The minimum atomic E-state index is 0.247. The smallest absolute Gasteiger partial charge is 0.0697 e. The lowest BCUT2D eigenvalue weighted by molar-refractivity contribution is 0.646. The Labute approximate surface area is 95.1 Å². The third-order valence-corrected chi connectivity index (χ3v) is 2.65. The molecule has 0 radical (unpaired) electrons. The molecular weight excluding hydrogens is 200 g/mol. The average Bonchev–Trinajstić information content (AvgIpc) is 2.83. The highest BCUT2D eigenvalue weighted by atomic mass is 15.4. The van der Waals surface area contributed by atoms with Gasteiger partial charge in [-0.05, 0) is 30.5 Å². The van der Waals surface area contributed by atoms with Gasteiger partial charge in [0.05, 0.1) is 18.1 Å². The summed E-state index contributed by atoms with van der Waals surface area (Å²) in [7, 11) is 0. The van der Waals surface area contributed by atoms with E-state index in [-0.39, 0.29) is 6.04 Å². The maximum atomic E-state index is 5.91. The Morgan fingerprint density at radius 3 is 2.62 bits per heavy atom. The molecule has 0 saturated carbocycles. The van der Waals surface area contributed by atoms with Gasteiger partial charge in [0.1, 0.15) is 0 Å². The van der Waals surface area contributed by atoms with E-state index in [2.05, 4.69) is 29.4 Å². The number of hydrogen-bond acceptors (Lipinski definition) is 3. The third-order valence-electron chi connectivity index (χ3n) is 2.65. The highest BCUT2D eigenvalue weighted by Gasteiger charge is 2.02. The molecule has 0 spiro atoms. The molecule has 1 heterocycles. The monoisotopic (exact) mass is 216 g/mol. The largest absolute Gasteiger partial charge is 0.327 e. The van der Waals surface area contributed by atoms with Gasteiger partial charge in [0.15, 0.2) is 0 Å². The summed E-state index contributed by atoms with van der Waals surface area (Å²) in [4.78, 5) is 0. The fraction of sp³-hybridized carbons (Fsp3) is 0.333. The van der Waals surface area contributed by atoms with Crippen LogP contribution < -0.4 is 5.73 Å². The zero-order chi connectivity index (χ0) is 11.4. The van der Waals surface area contributed by atoms with Crippen molar-refractivity contribution in [3.05, 3.63) is 42.2 Å². The van der Waals surface area contributed by atoms with E-state index in [0.29, 0.717) is 0 Å². The highest BCUT2D eigenvalue weighted by molar-refractivity contribution is 5.33. The second kappa shape index (κ2) is 4.90. The molecule has 84 valence electrons. The summed E-state index contributed by atoms with van der Waals surface area (Å²) >= 11 is 0. The summed E-state index contributed by atoms with van der Waals surface area (Å²) in [6.07, 6.45) is 5.42. The minimum Gasteiger partial charge on any atom is -0.327 e. The van der Waals surface area contributed by atoms with Crippen LogP contribution in [-0.2, 0) is 6.42 Å². The van der Waals surface area contributed by atoms with E-state index >= 15 is 0 Å². The fourth-order valence-corrected chi connectivity index (χ4v) is 1.58. The molecule has 0 saturated heterocycles. The summed E-state index contributed by atoms with van der Waals surface area (Å²) in [5.74, 6) is 0. The molecule has 1 aromatic heterocycles. The van der Waals surface area contributed by atoms with E-state index < -0.39 is 0 Å². The molecule has 2 rings (SSSR count). The summed E-state index contributed by atoms with van der Waals surface area (Å²) in [5.41, 5.74) is 8.19. The maximum absolute atomic E-state index is 5.91. The minimum absolute atomic E-state index is 0.247. The predicted molar refractivity (Wildman–Crippen MR) is 63.3 cm³/mol. The molecule has 0 aliphatic rings. The Morgan fingerprint density at radius 1 is 1.31 bits per heavy atom. The van der Waals surface area contributed by atoms with Gasteiger partial charge in [-0.15, -0.1) is 5.10 Å². The van der Waals surface area contributed by atoms with Crippen molar-refractivity contribution in [3.63, 3.8) is 0 Å². The van der Waals surface area contributed by atoms with Crippen LogP contribution in [0.4, 0.5) is 0 Å². The van der Waals surface area contributed by atoms with Crippen LogP contribution >= 0.6 is 0 Å². The molecule has 0 aliphatic heterocycles. The Bertz CT molecular complexity index is 419. The Balaban J connectivity index is 2.11. The van der Waals surface area contributed by atoms with E-state index in [1.54, 1.807) is 10.9 Å². The van der Waals surface area contributed by atoms with E-state index in [9.17, 15) is 0 Å². The van der Waals surface area contributed by atoms with Gasteiger partial charge in [0.2, 0.25) is 0 Å². The van der Waals surface area contributed by atoms with Crippen LogP contribution in [0, 0.1) is 0 Å². The van der Waals surface area contributed by atoms with Crippen molar-refractivity contribution in [2.45, 2.75) is 25.8 Å². The molecule has 2 N–H and O–H groups in total. The molecule has 0 aliphatic carbocycles. The summed E-state index contributed by atoms with van der Waals surface area (Å²) in [6, 6.07) is 8.50. The molecule has 4 nitrogen and oxygen atoms in total. The SMILES string of the molecule is CCC(N)Cc1ccc(-n2ccnn2)cc1. The van der Waals surface area contributed by atoms with Crippen LogP contribution in [0.15, 0.2) is 36.7 Å². The molecule has 16 heavy (non-hydrogen) atoms. The number of hydrogen-bond donors (Lipinski definition) is 1. The van der Waals surface area contributed by atoms with Gasteiger partial charge in [0.25, 0.3) is 0 Å². The van der Waals surface area contributed by atoms with Crippen LogP contribution in [0.1, 0.15) is 18.9 Å². The molecule has 1 atom stereocenters. The first kappa shape index (κ1) is 10.8. The van der Waals surface area contributed by atoms with Gasteiger partial charge < -0.3 is 5.73 Å². The quantitative estimate of drug-likeness (QED) is 0.843. The van der Waals surface area contributed by atoms with Crippen molar-refractivity contribution in [2.75, 3.05) is 0 Å². The fourth-order valence-electron chi connectivity index (χ4n) is 1.58. The van der Waals surface area contributed by atoms with Gasteiger partial charge in [-0.1, -0.05) is 24.3 Å². The molecule has 1 unspecified atom stereocenters. The lowest BCUT2D eigenvalue weighted by Crippen LogP contribution is -2.21. The van der Waals surface area contributed by atoms with E-state index in [0.717, 1.165) is 18.5 Å². The lowest BCUT2D eigenvalue weighted by Gasteiger charge is -2.09. The van der Waals surface area contributed by atoms with Crippen LogP contribution in [0.3, 0.4) is 0 Å². The Kier molecular flexibility index (Phi) is 3.31.